The third-order valence-corrected chi connectivity index (χ3v) is 3.86. The van der Waals surface area contributed by atoms with Gasteiger partial charge in [0.25, 0.3) is 5.91 Å². The number of nitrogens with two attached hydrogens (primary N) is 3. The van der Waals surface area contributed by atoms with Crippen LogP contribution < -0.4 is 17.2 Å². The van der Waals surface area contributed by atoms with Crippen LogP contribution in [0.3, 0.4) is 0 Å². The van der Waals surface area contributed by atoms with Gasteiger partial charge in [0, 0.05) is 42.5 Å². The minimum absolute atomic E-state index is 0.0246. The molecule has 1 aliphatic heterocycles. The number of hydrogen-bond donors (Lipinski definition) is 3. The summed E-state index contributed by atoms with van der Waals surface area (Å²) in [4.78, 5) is 26.6. The van der Waals surface area contributed by atoms with Crippen molar-refractivity contribution in [2.75, 3.05) is 6.54 Å². The molecule has 8 nitrogen and oxygen atoms in total. The second-order valence-corrected chi connectivity index (χ2v) is 5.61. The molecule has 1 amide bonds. The van der Waals surface area contributed by atoms with Crippen molar-refractivity contribution in [1.29, 1.82) is 0 Å². The summed E-state index contributed by atoms with van der Waals surface area (Å²) in [5, 5.41) is 0. The number of rotatable bonds is 4. The minimum Gasteiger partial charge on any atom is -0.370 e. The van der Waals surface area contributed by atoms with Crippen LogP contribution in [0.5, 0.6) is 0 Å². The van der Waals surface area contributed by atoms with Gasteiger partial charge in [-0.2, -0.15) is 4.99 Å². The molecule has 25 heavy (non-hydrogen) atoms. The quantitative estimate of drug-likeness (QED) is 0.551. The van der Waals surface area contributed by atoms with Crippen molar-refractivity contribution in [3.05, 3.63) is 59.4 Å². The normalized spacial score (nSPS) is 13.7. The summed E-state index contributed by atoms with van der Waals surface area (Å²) in [5.41, 5.74) is 19.3. The van der Waals surface area contributed by atoms with Gasteiger partial charge in [-0.3, -0.25) is 9.78 Å². The summed E-state index contributed by atoms with van der Waals surface area (Å²) in [6.07, 6.45) is 2.43. The number of hydrogen-bond acceptors (Lipinski definition) is 3. The van der Waals surface area contributed by atoms with E-state index < -0.39 is 0 Å². The topological polar surface area (TPSA) is 136 Å². The van der Waals surface area contributed by atoms with Crippen molar-refractivity contribution < 1.29 is 4.79 Å². The molecule has 0 aliphatic carbocycles. The van der Waals surface area contributed by atoms with Crippen molar-refractivity contribution in [2.24, 2.45) is 27.2 Å². The molecule has 2 heterocycles. The highest BCUT2D eigenvalue weighted by atomic mass is 16.2. The molecule has 1 aliphatic rings. The lowest BCUT2D eigenvalue weighted by molar-refractivity contribution is 0.0780. The summed E-state index contributed by atoms with van der Waals surface area (Å²) in [6, 6.07) is 11.1. The molecule has 0 atom stereocenters. The first kappa shape index (κ1) is 16.4. The molecule has 6 N–H and O–H groups in total. The van der Waals surface area contributed by atoms with E-state index in [0.717, 1.165) is 11.3 Å². The molecule has 1 aromatic heterocycles. The van der Waals surface area contributed by atoms with Gasteiger partial charge in [-0.15, -0.1) is 0 Å². The predicted molar refractivity (Wildman–Crippen MR) is 96.2 cm³/mol. The molecule has 0 unspecified atom stereocenters. The van der Waals surface area contributed by atoms with Crippen LogP contribution in [0.2, 0.25) is 0 Å². The minimum atomic E-state index is -0.165. The lowest BCUT2D eigenvalue weighted by atomic mass is 10.1. The van der Waals surface area contributed by atoms with E-state index in [-0.39, 0.29) is 17.8 Å². The maximum absolute atomic E-state index is 12.6. The second kappa shape index (κ2) is 7.00. The fourth-order valence-electron chi connectivity index (χ4n) is 2.74. The average molecular weight is 337 g/mol. The van der Waals surface area contributed by atoms with Crippen LogP contribution in [-0.2, 0) is 13.0 Å². The van der Waals surface area contributed by atoms with E-state index in [1.54, 1.807) is 29.3 Å². The van der Waals surface area contributed by atoms with Crippen LogP contribution in [0.4, 0.5) is 5.69 Å². The molecule has 0 radical (unpaired) electrons. The summed E-state index contributed by atoms with van der Waals surface area (Å²) in [6.45, 7) is 1.05. The number of aliphatic imine (C=N–C) groups is 2. The molecule has 0 saturated carbocycles. The SMILES string of the molecule is NC(N)=NC(N)=Nc1cccc2c1CN(CCc1ccccn1)C2=O. The van der Waals surface area contributed by atoms with E-state index in [0.29, 0.717) is 30.8 Å². The Hall–Kier alpha value is -3.42. The average Bonchev–Trinajstić information content (AvgIpc) is 2.91. The highest BCUT2D eigenvalue weighted by Crippen LogP contribution is 2.31. The molecule has 3 rings (SSSR count). The number of amides is 1. The molecule has 8 heteroatoms. The molecule has 0 fully saturated rings. The van der Waals surface area contributed by atoms with E-state index in [4.69, 9.17) is 17.2 Å². The van der Waals surface area contributed by atoms with E-state index >= 15 is 0 Å². The summed E-state index contributed by atoms with van der Waals surface area (Å²) >= 11 is 0. The van der Waals surface area contributed by atoms with Crippen LogP contribution in [0.25, 0.3) is 0 Å². The maximum atomic E-state index is 12.6. The van der Waals surface area contributed by atoms with Crippen molar-refractivity contribution in [3.8, 4) is 0 Å². The molecule has 0 bridgehead atoms. The number of fused-ring (bicyclic) bond motifs is 1. The van der Waals surface area contributed by atoms with Gasteiger partial charge in [0.05, 0.1) is 5.69 Å². The molecular formula is C17H19N7O. The van der Waals surface area contributed by atoms with Crippen molar-refractivity contribution in [1.82, 2.24) is 9.88 Å². The lowest BCUT2D eigenvalue weighted by Gasteiger charge is -2.15. The molecule has 1 aromatic carbocycles. The number of carbonyl (C=O) groups is 1. The van der Waals surface area contributed by atoms with E-state index in [9.17, 15) is 4.79 Å². The Morgan fingerprint density at radius 2 is 2.00 bits per heavy atom. The third-order valence-electron chi connectivity index (χ3n) is 3.86. The first-order valence-corrected chi connectivity index (χ1v) is 7.79. The van der Waals surface area contributed by atoms with Gasteiger partial charge in [-0.25, -0.2) is 4.99 Å². The summed E-state index contributed by atoms with van der Waals surface area (Å²) in [7, 11) is 0. The smallest absolute Gasteiger partial charge is 0.254 e. The Morgan fingerprint density at radius 1 is 1.16 bits per heavy atom. The van der Waals surface area contributed by atoms with Crippen LogP contribution >= 0.6 is 0 Å². The van der Waals surface area contributed by atoms with E-state index in [1.807, 2.05) is 18.2 Å². The standard InChI is InChI=1S/C17H19N7O/c18-16(19)23-17(20)22-14-6-3-5-12-13(14)10-24(15(12)25)9-7-11-4-1-2-8-21-11/h1-6,8H,7,9-10H2,(H6,18,19,20,22,23). The zero-order chi connectivity index (χ0) is 17.8. The number of benzene rings is 1. The first-order chi connectivity index (χ1) is 12.0. The third kappa shape index (κ3) is 3.74. The van der Waals surface area contributed by atoms with Crippen LogP contribution in [0.15, 0.2) is 52.6 Å². The molecule has 128 valence electrons. The van der Waals surface area contributed by atoms with E-state index in [1.165, 1.54) is 0 Å². The van der Waals surface area contributed by atoms with Crippen molar-refractivity contribution in [3.63, 3.8) is 0 Å². The number of carbonyl (C=O) groups excluding carboxylic acids is 1. The van der Waals surface area contributed by atoms with Crippen molar-refractivity contribution >= 4 is 23.5 Å². The number of aromatic nitrogens is 1. The second-order valence-electron chi connectivity index (χ2n) is 5.61. The highest BCUT2D eigenvalue weighted by Gasteiger charge is 2.29. The maximum Gasteiger partial charge on any atom is 0.254 e. The Morgan fingerprint density at radius 3 is 2.72 bits per heavy atom. The zero-order valence-corrected chi connectivity index (χ0v) is 13.6. The highest BCUT2D eigenvalue weighted by molar-refractivity contribution is 6.00. The largest absolute Gasteiger partial charge is 0.370 e. The Bertz CT molecular complexity index is 841. The van der Waals surface area contributed by atoms with E-state index in [2.05, 4.69) is 15.0 Å². The molecule has 0 spiro atoms. The van der Waals surface area contributed by atoms with Gasteiger partial charge in [-0.1, -0.05) is 12.1 Å². The van der Waals surface area contributed by atoms with Gasteiger partial charge in [0.1, 0.15) is 0 Å². The van der Waals surface area contributed by atoms with Crippen LogP contribution in [-0.4, -0.2) is 34.3 Å². The Kier molecular flexibility index (Phi) is 4.60. The summed E-state index contributed by atoms with van der Waals surface area (Å²) in [5.74, 6) is -0.238. The monoisotopic (exact) mass is 337 g/mol. The Labute approximate surface area is 145 Å². The number of nitrogens with zero attached hydrogens (tertiary/aromatic N) is 4. The van der Waals surface area contributed by atoms with Gasteiger partial charge >= 0.3 is 0 Å². The molecule has 2 aromatic rings. The lowest BCUT2D eigenvalue weighted by Crippen LogP contribution is -2.26. The van der Waals surface area contributed by atoms with Gasteiger partial charge in [0.2, 0.25) is 5.96 Å². The van der Waals surface area contributed by atoms with Crippen LogP contribution in [0.1, 0.15) is 21.6 Å². The van der Waals surface area contributed by atoms with Crippen molar-refractivity contribution in [2.45, 2.75) is 13.0 Å². The summed E-state index contributed by atoms with van der Waals surface area (Å²) < 4.78 is 0. The van der Waals surface area contributed by atoms with Gasteiger partial charge < -0.3 is 22.1 Å². The molecule has 0 saturated heterocycles. The number of pyridine rings is 1. The van der Waals surface area contributed by atoms with Gasteiger partial charge in [-0.05, 0) is 24.3 Å². The number of guanidine groups is 2. The zero-order valence-electron chi connectivity index (χ0n) is 13.6. The van der Waals surface area contributed by atoms with Gasteiger partial charge in [0.15, 0.2) is 5.96 Å². The van der Waals surface area contributed by atoms with Crippen LogP contribution in [0, 0.1) is 0 Å². The fraction of sp³-hybridized carbons (Fsp3) is 0.176. The first-order valence-electron chi connectivity index (χ1n) is 7.79. The predicted octanol–water partition coefficient (Wildman–Crippen LogP) is 0.500. The fourth-order valence-corrected chi connectivity index (χ4v) is 2.74. The molecular weight excluding hydrogens is 318 g/mol. The Balaban J connectivity index is 1.79.